The van der Waals surface area contributed by atoms with Gasteiger partial charge in [0.05, 0.1) is 23.5 Å². The van der Waals surface area contributed by atoms with E-state index in [4.69, 9.17) is 0 Å². The summed E-state index contributed by atoms with van der Waals surface area (Å²) < 4.78 is 25.2. The lowest BCUT2D eigenvalue weighted by molar-refractivity contribution is 0.0936. The van der Waals surface area contributed by atoms with Gasteiger partial charge in [-0.3, -0.25) is 9.52 Å². The van der Waals surface area contributed by atoms with Gasteiger partial charge in [-0.1, -0.05) is 49.4 Å². The van der Waals surface area contributed by atoms with Crippen molar-refractivity contribution in [2.45, 2.75) is 19.4 Å². The summed E-state index contributed by atoms with van der Waals surface area (Å²) in [4.78, 5) is 12.5. The number of hydrogen-bond acceptors (Lipinski definition) is 3. The Balaban J connectivity index is 2.24. The van der Waals surface area contributed by atoms with Gasteiger partial charge < -0.3 is 5.32 Å². The second-order valence-electron chi connectivity index (χ2n) is 5.26. The zero-order valence-corrected chi connectivity index (χ0v) is 13.9. The SMILES string of the molecule is CC[C@H](NC(=O)c1ccccc1NS(C)(=O)=O)c1ccccc1. The van der Waals surface area contributed by atoms with Gasteiger partial charge in [-0.05, 0) is 24.1 Å². The molecule has 2 N–H and O–H groups in total. The summed E-state index contributed by atoms with van der Waals surface area (Å²) in [6, 6.07) is 16.1. The van der Waals surface area contributed by atoms with E-state index in [9.17, 15) is 13.2 Å². The molecular formula is C17H20N2O3S. The number of anilines is 1. The number of hydrogen-bond donors (Lipinski definition) is 2. The number of benzene rings is 2. The van der Waals surface area contributed by atoms with Crippen LogP contribution in [0, 0.1) is 0 Å². The van der Waals surface area contributed by atoms with E-state index in [0.717, 1.165) is 18.2 Å². The molecule has 0 fully saturated rings. The smallest absolute Gasteiger partial charge is 0.253 e. The lowest BCUT2D eigenvalue weighted by atomic mass is 10.0. The quantitative estimate of drug-likeness (QED) is 0.854. The van der Waals surface area contributed by atoms with Crippen molar-refractivity contribution in [2.24, 2.45) is 0 Å². The van der Waals surface area contributed by atoms with Crippen LogP contribution in [0.2, 0.25) is 0 Å². The van der Waals surface area contributed by atoms with Crippen molar-refractivity contribution in [2.75, 3.05) is 11.0 Å². The topological polar surface area (TPSA) is 75.3 Å². The highest BCUT2D eigenvalue weighted by molar-refractivity contribution is 7.92. The van der Waals surface area contributed by atoms with E-state index in [1.54, 1.807) is 24.3 Å². The standard InChI is InChI=1S/C17H20N2O3S/c1-3-15(13-9-5-4-6-10-13)18-17(20)14-11-7-8-12-16(14)19-23(2,21)22/h4-12,15,19H,3H2,1-2H3,(H,18,20)/t15-/m0/s1. The van der Waals surface area contributed by atoms with Crippen molar-refractivity contribution < 1.29 is 13.2 Å². The molecule has 1 atom stereocenters. The van der Waals surface area contributed by atoms with Gasteiger partial charge in [0.15, 0.2) is 0 Å². The van der Waals surface area contributed by atoms with Crippen LogP contribution in [0.4, 0.5) is 5.69 Å². The molecule has 5 nitrogen and oxygen atoms in total. The van der Waals surface area contributed by atoms with Crippen molar-refractivity contribution in [3.8, 4) is 0 Å². The summed E-state index contributed by atoms with van der Waals surface area (Å²) in [7, 11) is -3.45. The van der Waals surface area contributed by atoms with Gasteiger partial charge in [-0.25, -0.2) is 8.42 Å². The number of sulfonamides is 1. The predicted molar refractivity (Wildman–Crippen MR) is 91.8 cm³/mol. The van der Waals surface area contributed by atoms with Gasteiger partial charge >= 0.3 is 0 Å². The summed E-state index contributed by atoms with van der Waals surface area (Å²) in [6.07, 6.45) is 1.79. The molecule has 0 aliphatic carbocycles. The van der Waals surface area contributed by atoms with E-state index in [-0.39, 0.29) is 17.6 Å². The van der Waals surface area contributed by atoms with Gasteiger partial charge in [-0.15, -0.1) is 0 Å². The van der Waals surface area contributed by atoms with E-state index in [0.29, 0.717) is 5.56 Å². The average Bonchev–Trinajstić information content (AvgIpc) is 2.52. The number of amides is 1. The number of carbonyl (C=O) groups is 1. The van der Waals surface area contributed by atoms with Crippen LogP contribution in [-0.2, 0) is 10.0 Å². The Morgan fingerprint density at radius 2 is 1.65 bits per heavy atom. The third kappa shape index (κ3) is 4.82. The third-order valence-electron chi connectivity index (χ3n) is 3.38. The molecule has 0 aromatic heterocycles. The molecular weight excluding hydrogens is 312 g/mol. The summed E-state index contributed by atoms with van der Waals surface area (Å²) >= 11 is 0. The minimum absolute atomic E-state index is 0.130. The molecule has 1 amide bonds. The Morgan fingerprint density at radius 3 is 2.26 bits per heavy atom. The van der Waals surface area contributed by atoms with E-state index in [1.807, 2.05) is 37.3 Å². The maximum atomic E-state index is 12.5. The van der Waals surface area contributed by atoms with Gasteiger partial charge in [0.25, 0.3) is 5.91 Å². The highest BCUT2D eigenvalue weighted by atomic mass is 32.2. The Bertz CT molecular complexity index is 773. The molecule has 2 rings (SSSR count). The molecule has 0 aliphatic heterocycles. The molecule has 0 saturated carbocycles. The highest BCUT2D eigenvalue weighted by Crippen LogP contribution is 2.20. The van der Waals surface area contributed by atoms with Crippen LogP contribution in [-0.4, -0.2) is 20.6 Å². The summed E-state index contributed by atoms with van der Waals surface area (Å²) in [5.41, 5.74) is 1.58. The Kier molecular flexibility index (Phi) is 5.39. The second-order valence-corrected chi connectivity index (χ2v) is 7.01. The first kappa shape index (κ1) is 17.0. The van der Waals surface area contributed by atoms with Crippen molar-refractivity contribution in [1.82, 2.24) is 5.32 Å². The van der Waals surface area contributed by atoms with Crippen molar-refractivity contribution in [1.29, 1.82) is 0 Å². The first-order valence-corrected chi connectivity index (χ1v) is 9.22. The van der Waals surface area contributed by atoms with Crippen LogP contribution in [0.25, 0.3) is 0 Å². The van der Waals surface area contributed by atoms with E-state index in [1.165, 1.54) is 0 Å². The van der Waals surface area contributed by atoms with Crippen molar-refractivity contribution >= 4 is 21.6 Å². The van der Waals surface area contributed by atoms with Crippen LogP contribution in [0.5, 0.6) is 0 Å². The zero-order valence-electron chi connectivity index (χ0n) is 13.1. The fraction of sp³-hybridized carbons (Fsp3) is 0.235. The van der Waals surface area contributed by atoms with Crippen LogP contribution in [0.15, 0.2) is 54.6 Å². The maximum absolute atomic E-state index is 12.5. The monoisotopic (exact) mass is 332 g/mol. The zero-order chi connectivity index (χ0) is 16.9. The largest absolute Gasteiger partial charge is 0.345 e. The predicted octanol–water partition coefficient (Wildman–Crippen LogP) is 2.94. The lowest BCUT2D eigenvalue weighted by Gasteiger charge is -2.18. The Morgan fingerprint density at radius 1 is 1.04 bits per heavy atom. The number of rotatable bonds is 6. The molecule has 0 bridgehead atoms. The van der Waals surface area contributed by atoms with Gasteiger partial charge in [0, 0.05) is 0 Å². The van der Waals surface area contributed by atoms with Crippen LogP contribution < -0.4 is 10.0 Å². The van der Waals surface area contributed by atoms with E-state index >= 15 is 0 Å². The molecule has 0 radical (unpaired) electrons. The molecule has 0 unspecified atom stereocenters. The van der Waals surface area contributed by atoms with Gasteiger partial charge in [0.1, 0.15) is 0 Å². The van der Waals surface area contributed by atoms with Crippen LogP contribution in [0.1, 0.15) is 35.3 Å². The molecule has 0 heterocycles. The lowest BCUT2D eigenvalue weighted by Crippen LogP contribution is -2.29. The second kappa shape index (κ2) is 7.28. The van der Waals surface area contributed by atoms with Crippen LogP contribution in [0.3, 0.4) is 0 Å². The third-order valence-corrected chi connectivity index (χ3v) is 3.97. The minimum Gasteiger partial charge on any atom is -0.345 e. The molecule has 2 aromatic rings. The molecule has 6 heteroatoms. The number of nitrogens with one attached hydrogen (secondary N) is 2. The fourth-order valence-corrected chi connectivity index (χ4v) is 2.89. The fourth-order valence-electron chi connectivity index (χ4n) is 2.31. The molecule has 2 aromatic carbocycles. The maximum Gasteiger partial charge on any atom is 0.253 e. The molecule has 0 aliphatic rings. The first-order chi connectivity index (χ1) is 10.9. The highest BCUT2D eigenvalue weighted by Gasteiger charge is 2.17. The molecule has 122 valence electrons. The minimum atomic E-state index is -3.45. The summed E-state index contributed by atoms with van der Waals surface area (Å²) in [5, 5.41) is 2.95. The normalized spacial score (nSPS) is 12.4. The average molecular weight is 332 g/mol. The van der Waals surface area contributed by atoms with E-state index in [2.05, 4.69) is 10.0 Å². The number of para-hydroxylation sites is 1. The molecule has 23 heavy (non-hydrogen) atoms. The Hall–Kier alpha value is -2.34. The van der Waals surface area contributed by atoms with Crippen molar-refractivity contribution in [3.63, 3.8) is 0 Å². The Labute approximate surface area is 136 Å². The van der Waals surface area contributed by atoms with Gasteiger partial charge in [-0.2, -0.15) is 0 Å². The van der Waals surface area contributed by atoms with Crippen molar-refractivity contribution in [3.05, 3.63) is 65.7 Å². The van der Waals surface area contributed by atoms with Crippen LogP contribution >= 0.6 is 0 Å². The van der Waals surface area contributed by atoms with Gasteiger partial charge in [0.2, 0.25) is 10.0 Å². The first-order valence-electron chi connectivity index (χ1n) is 7.33. The number of carbonyl (C=O) groups excluding carboxylic acids is 1. The molecule has 0 saturated heterocycles. The summed E-state index contributed by atoms with van der Waals surface area (Å²) in [5.74, 6) is -0.313. The summed E-state index contributed by atoms with van der Waals surface area (Å²) in [6.45, 7) is 1.98. The van der Waals surface area contributed by atoms with E-state index < -0.39 is 10.0 Å². The molecule has 0 spiro atoms.